The van der Waals surface area contributed by atoms with Crippen molar-refractivity contribution in [3.05, 3.63) is 53.6 Å². The number of aromatic hydroxyl groups is 1. The zero-order chi connectivity index (χ0) is 18.9. The summed E-state index contributed by atoms with van der Waals surface area (Å²) >= 11 is 6.05. The Hall–Kier alpha value is -2.66. The van der Waals surface area contributed by atoms with Gasteiger partial charge in [0.05, 0.1) is 11.4 Å². The van der Waals surface area contributed by atoms with Crippen molar-refractivity contribution in [1.29, 1.82) is 0 Å². The highest BCUT2D eigenvalue weighted by atomic mass is 35.5. The summed E-state index contributed by atoms with van der Waals surface area (Å²) in [7, 11) is 0. The molecule has 2 aromatic rings. The first-order chi connectivity index (χ1) is 12.3. The number of aliphatic imine (C=N–C) groups is 1. The number of hydrogen-bond acceptors (Lipinski definition) is 4. The van der Waals surface area contributed by atoms with Gasteiger partial charge in [0.2, 0.25) is 0 Å². The highest BCUT2D eigenvalue weighted by Crippen LogP contribution is 2.33. The fraction of sp³-hybridized carbons (Fsp3) is 0.250. The monoisotopic (exact) mass is 369 g/mol. The largest absolute Gasteiger partial charge is 0.506 e. The van der Waals surface area contributed by atoms with Crippen LogP contribution in [0.15, 0.2) is 58.6 Å². The topological polar surface area (TPSA) is 65.3 Å². The molecule has 134 valence electrons. The molecule has 0 spiro atoms. The standard InChI is InChI=1S/C20H20ClN3O2/c1-20(2,3)18-15(12-22-16-9-4-5-10-17(16)25)19(26)24(23-18)14-8-6-7-13(21)11-14/h4-12,15,25H,1-3H3. The van der Waals surface area contributed by atoms with Crippen LogP contribution in [0.2, 0.25) is 5.02 Å². The van der Waals surface area contributed by atoms with Crippen LogP contribution in [0.1, 0.15) is 20.8 Å². The number of anilines is 1. The molecular weight excluding hydrogens is 350 g/mol. The zero-order valence-electron chi connectivity index (χ0n) is 14.8. The molecule has 3 rings (SSSR count). The maximum Gasteiger partial charge on any atom is 0.261 e. The van der Waals surface area contributed by atoms with Crippen molar-refractivity contribution >= 4 is 40.8 Å². The number of phenols is 1. The van der Waals surface area contributed by atoms with Gasteiger partial charge in [-0.3, -0.25) is 9.79 Å². The Kier molecular flexibility index (Phi) is 4.83. The maximum absolute atomic E-state index is 13.0. The predicted octanol–water partition coefficient (Wildman–Crippen LogP) is 4.81. The van der Waals surface area contributed by atoms with Crippen molar-refractivity contribution in [3.8, 4) is 5.75 Å². The first kappa shape index (κ1) is 18.1. The lowest BCUT2D eigenvalue weighted by atomic mass is 9.83. The summed E-state index contributed by atoms with van der Waals surface area (Å²) in [5.74, 6) is -0.736. The molecule has 1 unspecified atom stereocenters. The summed E-state index contributed by atoms with van der Waals surface area (Å²) in [6.45, 7) is 6.00. The second-order valence-electron chi connectivity index (χ2n) is 7.11. The van der Waals surface area contributed by atoms with Gasteiger partial charge < -0.3 is 5.11 Å². The van der Waals surface area contributed by atoms with E-state index in [2.05, 4.69) is 10.1 Å². The molecule has 0 saturated carbocycles. The van der Waals surface area contributed by atoms with Gasteiger partial charge in [0.1, 0.15) is 17.4 Å². The summed E-state index contributed by atoms with van der Waals surface area (Å²) in [6, 6.07) is 13.8. The molecule has 6 heteroatoms. The molecule has 0 bridgehead atoms. The van der Waals surface area contributed by atoms with Crippen molar-refractivity contribution in [3.63, 3.8) is 0 Å². The van der Waals surface area contributed by atoms with Gasteiger partial charge >= 0.3 is 0 Å². The Balaban J connectivity index is 1.98. The van der Waals surface area contributed by atoms with E-state index in [-0.39, 0.29) is 17.1 Å². The molecule has 1 atom stereocenters. The minimum atomic E-state index is -0.603. The number of hydrazone groups is 1. The van der Waals surface area contributed by atoms with Crippen LogP contribution in [-0.4, -0.2) is 22.9 Å². The molecule has 1 aliphatic heterocycles. The Bertz CT molecular complexity index is 900. The number of halogens is 1. The number of rotatable bonds is 3. The number of phenolic OH excluding ortho intramolecular Hbond substituents is 1. The summed E-state index contributed by atoms with van der Waals surface area (Å²) in [5, 5.41) is 16.3. The molecule has 5 nitrogen and oxygen atoms in total. The van der Waals surface area contributed by atoms with E-state index in [0.717, 1.165) is 0 Å². The third-order valence-corrected chi connectivity index (χ3v) is 4.28. The Morgan fingerprint density at radius 2 is 1.92 bits per heavy atom. The fourth-order valence-electron chi connectivity index (χ4n) is 2.74. The van der Waals surface area contributed by atoms with Gasteiger partial charge in [-0.25, -0.2) is 0 Å². The zero-order valence-corrected chi connectivity index (χ0v) is 15.6. The predicted molar refractivity (Wildman–Crippen MR) is 106 cm³/mol. The molecule has 0 aromatic heterocycles. The Labute approximate surface area is 157 Å². The van der Waals surface area contributed by atoms with E-state index in [0.29, 0.717) is 22.1 Å². The van der Waals surface area contributed by atoms with E-state index in [1.54, 1.807) is 54.7 Å². The molecule has 0 radical (unpaired) electrons. The van der Waals surface area contributed by atoms with Gasteiger partial charge in [0, 0.05) is 16.7 Å². The normalized spacial score (nSPS) is 17.8. The van der Waals surface area contributed by atoms with Crippen molar-refractivity contribution in [2.75, 3.05) is 5.01 Å². The number of para-hydroxylation sites is 2. The van der Waals surface area contributed by atoms with Crippen LogP contribution in [0.25, 0.3) is 0 Å². The van der Waals surface area contributed by atoms with Crippen LogP contribution in [0.4, 0.5) is 11.4 Å². The molecular formula is C20H20ClN3O2. The van der Waals surface area contributed by atoms with Crippen LogP contribution in [0, 0.1) is 11.3 Å². The highest BCUT2D eigenvalue weighted by Gasteiger charge is 2.41. The van der Waals surface area contributed by atoms with Crippen LogP contribution in [0.3, 0.4) is 0 Å². The van der Waals surface area contributed by atoms with Crippen molar-refractivity contribution in [2.24, 2.45) is 21.4 Å². The van der Waals surface area contributed by atoms with Crippen LogP contribution >= 0.6 is 11.6 Å². The molecule has 1 amide bonds. The van der Waals surface area contributed by atoms with Crippen LogP contribution < -0.4 is 5.01 Å². The van der Waals surface area contributed by atoms with Crippen LogP contribution in [0.5, 0.6) is 5.75 Å². The molecule has 0 saturated heterocycles. The number of amides is 1. The van der Waals surface area contributed by atoms with Crippen LogP contribution in [-0.2, 0) is 4.79 Å². The van der Waals surface area contributed by atoms with Crippen molar-refractivity contribution < 1.29 is 9.90 Å². The lowest BCUT2D eigenvalue weighted by Gasteiger charge is -2.20. The highest BCUT2D eigenvalue weighted by molar-refractivity contribution is 6.31. The van der Waals surface area contributed by atoms with E-state index in [1.165, 1.54) is 5.01 Å². The lowest BCUT2D eigenvalue weighted by Crippen LogP contribution is -2.32. The second-order valence-corrected chi connectivity index (χ2v) is 7.55. The summed E-state index contributed by atoms with van der Waals surface area (Å²) in [6.07, 6.45) is 1.55. The quantitative estimate of drug-likeness (QED) is 0.789. The molecule has 1 N–H and O–H groups in total. The van der Waals surface area contributed by atoms with Gasteiger partial charge in [0.15, 0.2) is 0 Å². The van der Waals surface area contributed by atoms with Gasteiger partial charge in [-0.1, -0.05) is 50.6 Å². The number of carbonyl (C=O) groups excluding carboxylic acids is 1. The third kappa shape index (κ3) is 3.63. The summed E-state index contributed by atoms with van der Waals surface area (Å²) in [5.41, 5.74) is 1.41. The Morgan fingerprint density at radius 1 is 1.19 bits per heavy atom. The molecule has 1 heterocycles. The van der Waals surface area contributed by atoms with Gasteiger partial charge in [-0.05, 0) is 30.3 Å². The third-order valence-electron chi connectivity index (χ3n) is 4.04. The van der Waals surface area contributed by atoms with Crippen molar-refractivity contribution in [2.45, 2.75) is 20.8 Å². The van der Waals surface area contributed by atoms with E-state index < -0.39 is 5.92 Å². The maximum atomic E-state index is 13.0. The van der Waals surface area contributed by atoms with E-state index in [1.807, 2.05) is 20.8 Å². The average molecular weight is 370 g/mol. The van der Waals surface area contributed by atoms with E-state index in [9.17, 15) is 9.90 Å². The first-order valence-electron chi connectivity index (χ1n) is 8.28. The molecule has 2 aromatic carbocycles. The number of carbonyl (C=O) groups is 1. The smallest absolute Gasteiger partial charge is 0.261 e. The van der Waals surface area contributed by atoms with E-state index >= 15 is 0 Å². The summed E-state index contributed by atoms with van der Waals surface area (Å²) < 4.78 is 0. The van der Waals surface area contributed by atoms with E-state index in [4.69, 9.17) is 11.6 Å². The number of hydrogen-bond donors (Lipinski definition) is 1. The molecule has 0 aliphatic carbocycles. The second kappa shape index (κ2) is 6.92. The number of nitrogens with zero attached hydrogens (tertiary/aromatic N) is 3. The molecule has 26 heavy (non-hydrogen) atoms. The van der Waals surface area contributed by atoms with Gasteiger partial charge in [-0.15, -0.1) is 0 Å². The minimum absolute atomic E-state index is 0.0649. The fourth-order valence-corrected chi connectivity index (χ4v) is 2.92. The van der Waals surface area contributed by atoms with Gasteiger partial charge in [-0.2, -0.15) is 10.1 Å². The van der Waals surface area contributed by atoms with Crippen molar-refractivity contribution in [1.82, 2.24) is 0 Å². The molecule has 1 aliphatic rings. The first-order valence-corrected chi connectivity index (χ1v) is 8.66. The minimum Gasteiger partial charge on any atom is -0.506 e. The van der Waals surface area contributed by atoms with Gasteiger partial charge in [0.25, 0.3) is 5.91 Å². The average Bonchev–Trinajstić information content (AvgIpc) is 2.91. The number of benzene rings is 2. The Morgan fingerprint density at radius 3 is 2.58 bits per heavy atom. The molecule has 0 fully saturated rings. The summed E-state index contributed by atoms with van der Waals surface area (Å²) in [4.78, 5) is 17.3. The lowest BCUT2D eigenvalue weighted by molar-refractivity contribution is -0.118. The SMILES string of the molecule is CC(C)(C)C1=NN(c2cccc(Cl)c2)C(=O)C1C=Nc1ccccc1O.